The van der Waals surface area contributed by atoms with Crippen molar-refractivity contribution in [2.45, 2.75) is 60.8 Å². The number of benzene rings is 1. The SMILES string of the molecule is CC(C)Nc1cc(COC(=O)C(C)C)cc(COC(=O)C(C)C)c1. The van der Waals surface area contributed by atoms with Crippen LogP contribution in [0.5, 0.6) is 0 Å². The highest BCUT2D eigenvalue weighted by Gasteiger charge is 2.12. The van der Waals surface area contributed by atoms with Gasteiger partial charge in [-0.3, -0.25) is 9.59 Å². The van der Waals surface area contributed by atoms with E-state index in [9.17, 15) is 9.59 Å². The average molecular weight is 335 g/mol. The van der Waals surface area contributed by atoms with E-state index >= 15 is 0 Å². The Hall–Kier alpha value is -2.04. The number of carbonyl (C=O) groups is 2. The van der Waals surface area contributed by atoms with Crippen molar-refractivity contribution in [1.82, 2.24) is 0 Å². The summed E-state index contributed by atoms with van der Waals surface area (Å²) in [6, 6.07) is 6.06. The van der Waals surface area contributed by atoms with E-state index in [2.05, 4.69) is 5.32 Å². The van der Waals surface area contributed by atoms with Gasteiger partial charge in [0.15, 0.2) is 0 Å². The van der Waals surface area contributed by atoms with Gasteiger partial charge in [-0.25, -0.2) is 0 Å². The summed E-state index contributed by atoms with van der Waals surface area (Å²) >= 11 is 0. The van der Waals surface area contributed by atoms with E-state index in [1.807, 2.05) is 32.0 Å². The summed E-state index contributed by atoms with van der Waals surface area (Å²) in [4.78, 5) is 23.3. The largest absolute Gasteiger partial charge is 0.461 e. The molecular formula is C19H29NO4. The highest BCUT2D eigenvalue weighted by atomic mass is 16.5. The lowest BCUT2D eigenvalue weighted by atomic mass is 10.1. The van der Waals surface area contributed by atoms with Crippen molar-refractivity contribution >= 4 is 17.6 Å². The van der Waals surface area contributed by atoms with Gasteiger partial charge in [-0.05, 0) is 43.2 Å². The standard InChI is InChI=1S/C19H29NO4/c1-12(2)18(21)23-10-15-7-16(11-24-19(22)13(3)4)9-17(8-15)20-14(5)6/h7-9,12-14,20H,10-11H2,1-6H3. The third-order valence-electron chi connectivity index (χ3n) is 3.21. The van der Waals surface area contributed by atoms with E-state index in [0.29, 0.717) is 0 Å². The number of esters is 2. The fourth-order valence-corrected chi connectivity index (χ4v) is 1.99. The quantitative estimate of drug-likeness (QED) is 0.730. The Balaban J connectivity index is 2.86. The van der Waals surface area contributed by atoms with Crippen LogP contribution in [0.2, 0.25) is 0 Å². The molecule has 0 radical (unpaired) electrons. The molecule has 1 rings (SSSR count). The molecule has 0 bridgehead atoms. The molecule has 0 saturated heterocycles. The average Bonchev–Trinajstić information content (AvgIpc) is 2.49. The maximum absolute atomic E-state index is 11.6. The van der Waals surface area contributed by atoms with E-state index in [4.69, 9.17) is 9.47 Å². The number of ether oxygens (including phenoxy) is 2. The van der Waals surface area contributed by atoms with E-state index in [1.54, 1.807) is 27.7 Å². The van der Waals surface area contributed by atoms with Gasteiger partial charge in [0.05, 0.1) is 11.8 Å². The van der Waals surface area contributed by atoms with Crippen LogP contribution in [0.3, 0.4) is 0 Å². The highest BCUT2D eigenvalue weighted by Crippen LogP contribution is 2.18. The maximum Gasteiger partial charge on any atom is 0.308 e. The van der Waals surface area contributed by atoms with Crippen LogP contribution in [0.15, 0.2) is 18.2 Å². The molecule has 0 aliphatic rings. The number of anilines is 1. The fourth-order valence-electron chi connectivity index (χ4n) is 1.99. The number of rotatable bonds is 8. The Bertz CT molecular complexity index is 522. The van der Waals surface area contributed by atoms with Crippen LogP contribution in [0.4, 0.5) is 5.69 Å². The summed E-state index contributed by atoms with van der Waals surface area (Å²) in [5.41, 5.74) is 2.65. The van der Waals surface area contributed by atoms with E-state index in [0.717, 1.165) is 16.8 Å². The van der Waals surface area contributed by atoms with Crippen LogP contribution in [-0.4, -0.2) is 18.0 Å². The molecule has 0 spiro atoms. The Morgan fingerprint density at radius 1 is 0.833 bits per heavy atom. The van der Waals surface area contributed by atoms with Crippen molar-refractivity contribution in [3.05, 3.63) is 29.3 Å². The Labute approximate surface area is 144 Å². The zero-order valence-electron chi connectivity index (χ0n) is 15.5. The smallest absolute Gasteiger partial charge is 0.308 e. The van der Waals surface area contributed by atoms with Crippen LogP contribution in [-0.2, 0) is 32.3 Å². The Kier molecular flexibility index (Phi) is 7.75. The van der Waals surface area contributed by atoms with Crippen LogP contribution in [0.25, 0.3) is 0 Å². The molecule has 0 aliphatic carbocycles. The third kappa shape index (κ3) is 7.02. The number of hydrogen-bond donors (Lipinski definition) is 1. The molecular weight excluding hydrogens is 306 g/mol. The molecule has 0 fully saturated rings. The molecule has 0 heterocycles. The second-order valence-corrected chi connectivity index (χ2v) is 6.86. The van der Waals surface area contributed by atoms with Gasteiger partial charge < -0.3 is 14.8 Å². The maximum atomic E-state index is 11.6. The van der Waals surface area contributed by atoms with Crippen molar-refractivity contribution < 1.29 is 19.1 Å². The fraction of sp³-hybridized carbons (Fsp3) is 0.579. The number of carbonyl (C=O) groups excluding carboxylic acids is 2. The third-order valence-corrected chi connectivity index (χ3v) is 3.21. The lowest BCUT2D eigenvalue weighted by Crippen LogP contribution is -2.14. The summed E-state index contributed by atoms with van der Waals surface area (Å²) in [5.74, 6) is -0.781. The van der Waals surface area contributed by atoms with Crippen molar-refractivity contribution in [3.8, 4) is 0 Å². The van der Waals surface area contributed by atoms with Crippen LogP contribution in [0.1, 0.15) is 52.7 Å². The lowest BCUT2D eigenvalue weighted by Gasteiger charge is -2.15. The zero-order chi connectivity index (χ0) is 18.3. The minimum Gasteiger partial charge on any atom is -0.461 e. The van der Waals surface area contributed by atoms with Crippen molar-refractivity contribution in [2.24, 2.45) is 11.8 Å². The molecule has 0 saturated carbocycles. The normalized spacial score (nSPS) is 11.0. The number of hydrogen-bond acceptors (Lipinski definition) is 5. The monoisotopic (exact) mass is 335 g/mol. The topological polar surface area (TPSA) is 64.6 Å². The Morgan fingerprint density at radius 3 is 1.58 bits per heavy atom. The first kappa shape index (κ1) is 20.0. The summed E-state index contributed by atoms with van der Waals surface area (Å²) in [7, 11) is 0. The van der Waals surface area contributed by atoms with Crippen molar-refractivity contribution in [1.29, 1.82) is 0 Å². The van der Waals surface area contributed by atoms with Gasteiger partial charge >= 0.3 is 11.9 Å². The van der Waals surface area contributed by atoms with E-state index in [1.165, 1.54) is 0 Å². The van der Waals surface area contributed by atoms with Crippen LogP contribution >= 0.6 is 0 Å². The molecule has 24 heavy (non-hydrogen) atoms. The molecule has 134 valence electrons. The zero-order valence-corrected chi connectivity index (χ0v) is 15.5. The summed E-state index contributed by atoms with van der Waals surface area (Å²) in [6.07, 6.45) is 0. The predicted molar refractivity (Wildman–Crippen MR) is 94.5 cm³/mol. The van der Waals surface area contributed by atoms with Gasteiger partial charge in [0.25, 0.3) is 0 Å². The van der Waals surface area contributed by atoms with Crippen LogP contribution < -0.4 is 5.32 Å². The summed E-state index contributed by atoms with van der Waals surface area (Å²) < 4.78 is 10.6. The molecule has 0 amide bonds. The minimum atomic E-state index is -0.231. The molecule has 1 N–H and O–H groups in total. The highest BCUT2D eigenvalue weighted by molar-refractivity contribution is 5.72. The molecule has 0 atom stereocenters. The first-order valence-corrected chi connectivity index (χ1v) is 8.41. The van der Waals surface area contributed by atoms with Gasteiger partial charge in [-0.1, -0.05) is 27.7 Å². The minimum absolute atomic E-state index is 0.159. The summed E-state index contributed by atoms with van der Waals surface area (Å²) in [6.45, 7) is 11.7. The van der Waals surface area contributed by atoms with E-state index in [-0.39, 0.29) is 43.0 Å². The molecule has 0 aromatic heterocycles. The molecule has 5 heteroatoms. The van der Waals surface area contributed by atoms with Gasteiger partial charge in [0.2, 0.25) is 0 Å². The first-order valence-electron chi connectivity index (χ1n) is 8.41. The molecule has 1 aromatic carbocycles. The molecule has 1 aromatic rings. The van der Waals surface area contributed by atoms with Gasteiger partial charge in [0, 0.05) is 11.7 Å². The van der Waals surface area contributed by atoms with Crippen molar-refractivity contribution in [3.63, 3.8) is 0 Å². The number of nitrogens with one attached hydrogen (secondary N) is 1. The molecule has 0 unspecified atom stereocenters. The lowest BCUT2D eigenvalue weighted by molar-refractivity contribution is -0.149. The predicted octanol–water partition coefficient (Wildman–Crippen LogP) is 3.91. The first-order chi connectivity index (χ1) is 11.2. The van der Waals surface area contributed by atoms with Gasteiger partial charge in [-0.2, -0.15) is 0 Å². The molecule has 5 nitrogen and oxygen atoms in total. The summed E-state index contributed by atoms with van der Waals surface area (Å²) in [5, 5.41) is 3.33. The van der Waals surface area contributed by atoms with Gasteiger partial charge in [-0.15, -0.1) is 0 Å². The Morgan fingerprint density at radius 2 is 1.25 bits per heavy atom. The second kappa shape index (κ2) is 9.30. The second-order valence-electron chi connectivity index (χ2n) is 6.86. The van der Waals surface area contributed by atoms with Crippen LogP contribution in [0, 0.1) is 11.8 Å². The van der Waals surface area contributed by atoms with E-state index < -0.39 is 0 Å². The molecule has 0 aliphatic heterocycles. The van der Waals surface area contributed by atoms with Gasteiger partial charge in [0.1, 0.15) is 13.2 Å². The van der Waals surface area contributed by atoms with Crippen molar-refractivity contribution in [2.75, 3.05) is 5.32 Å².